The van der Waals surface area contributed by atoms with E-state index in [1.807, 2.05) is 18.2 Å². The van der Waals surface area contributed by atoms with Crippen molar-refractivity contribution in [3.8, 4) is 0 Å². The van der Waals surface area contributed by atoms with Crippen molar-refractivity contribution in [3.63, 3.8) is 0 Å². The third kappa shape index (κ3) is 1.42. The van der Waals surface area contributed by atoms with Gasteiger partial charge in [-0.05, 0) is 24.0 Å². The first-order chi connectivity index (χ1) is 7.86. The third-order valence-electron chi connectivity index (χ3n) is 3.22. The van der Waals surface area contributed by atoms with Crippen molar-refractivity contribution in [1.82, 2.24) is 14.8 Å². The van der Waals surface area contributed by atoms with Gasteiger partial charge in [0.15, 0.2) is 0 Å². The number of fused-ring (bicyclic) bond motifs is 1. The van der Waals surface area contributed by atoms with E-state index in [2.05, 4.69) is 16.1 Å². The molecule has 2 unspecified atom stereocenters. The molecule has 2 aromatic rings. The second kappa shape index (κ2) is 3.72. The second-order valence-corrected chi connectivity index (χ2v) is 4.13. The summed E-state index contributed by atoms with van der Waals surface area (Å²) in [5.74, 6) is 0. The standard InChI is InChI=1S/C12H13N3O/c16-12-10-4-2-1-3-9(10)5-6-11(12)15-8-13-7-14-15/h1-4,7-8,11-12,16H,5-6H2. The van der Waals surface area contributed by atoms with E-state index < -0.39 is 6.10 Å². The van der Waals surface area contributed by atoms with E-state index >= 15 is 0 Å². The highest BCUT2D eigenvalue weighted by molar-refractivity contribution is 5.32. The minimum absolute atomic E-state index is 0.0115. The topological polar surface area (TPSA) is 50.9 Å². The maximum absolute atomic E-state index is 10.3. The second-order valence-electron chi connectivity index (χ2n) is 4.13. The number of aliphatic hydroxyl groups excluding tert-OH is 1. The lowest BCUT2D eigenvalue weighted by Crippen LogP contribution is -2.24. The fourth-order valence-corrected chi connectivity index (χ4v) is 2.38. The van der Waals surface area contributed by atoms with Crippen LogP contribution >= 0.6 is 0 Å². The van der Waals surface area contributed by atoms with Gasteiger partial charge in [0, 0.05) is 0 Å². The maximum atomic E-state index is 10.3. The summed E-state index contributed by atoms with van der Waals surface area (Å²) in [6, 6.07) is 8.06. The van der Waals surface area contributed by atoms with Crippen LogP contribution in [0.1, 0.15) is 29.7 Å². The molecule has 0 spiro atoms. The maximum Gasteiger partial charge on any atom is 0.137 e. The normalized spacial score (nSPS) is 24.1. The van der Waals surface area contributed by atoms with Crippen LogP contribution in [0.4, 0.5) is 0 Å². The molecule has 1 aromatic carbocycles. The Morgan fingerprint density at radius 2 is 2.19 bits per heavy atom. The van der Waals surface area contributed by atoms with E-state index in [4.69, 9.17) is 0 Å². The molecule has 1 heterocycles. The molecule has 3 rings (SSSR count). The number of rotatable bonds is 1. The monoisotopic (exact) mass is 215 g/mol. The number of aromatic nitrogens is 3. The Kier molecular flexibility index (Phi) is 2.22. The molecule has 1 aliphatic carbocycles. The van der Waals surface area contributed by atoms with Crippen LogP contribution in [0.15, 0.2) is 36.9 Å². The molecule has 2 atom stereocenters. The van der Waals surface area contributed by atoms with Crippen molar-refractivity contribution in [2.24, 2.45) is 0 Å². The van der Waals surface area contributed by atoms with Crippen molar-refractivity contribution in [2.45, 2.75) is 25.0 Å². The fraction of sp³-hybridized carbons (Fsp3) is 0.333. The molecule has 4 nitrogen and oxygen atoms in total. The molecular formula is C12H13N3O. The van der Waals surface area contributed by atoms with Gasteiger partial charge in [0.1, 0.15) is 18.8 Å². The molecule has 0 fully saturated rings. The van der Waals surface area contributed by atoms with Crippen molar-refractivity contribution in [3.05, 3.63) is 48.0 Å². The van der Waals surface area contributed by atoms with Crippen LogP contribution in [0.25, 0.3) is 0 Å². The van der Waals surface area contributed by atoms with E-state index in [1.54, 1.807) is 11.0 Å². The first-order valence-corrected chi connectivity index (χ1v) is 5.46. The molecule has 1 N–H and O–H groups in total. The number of hydrogen-bond acceptors (Lipinski definition) is 3. The predicted octanol–water partition coefficient (Wildman–Crippen LogP) is 1.50. The molecule has 0 aliphatic heterocycles. The van der Waals surface area contributed by atoms with Crippen molar-refractivity contribution < 1.29 is 5.11 Å². The SMILES string of the molecule is OC1c2ccccc2CCC1n1cncn1. The van der Waals surface area contributed by atoms with Crippen LogP contribution in [0.3, 0.4) is 0 Å². The van der Waals surface area contributed by atoms with Gasteiger partial charge in [0.2, 0.25) is 0 Å². The summed E-state index contributed by atoms with van der Waals surface area (Å²) in [7, 11) is 0. The average molecular weight is 215 g/mol. The summed E-state index contributed by atoms with van der Waals surface area (Å²) < 4.78 is 1.75. The Balaban J connectivity index is 1.98. The number of hydrogen-bond donors (Lipinski definition) is 1. The van der Waals surface area contributed by atoms with Crippen molar-refractivity contribution in [2.75, 3.05) is 0 Å². The Morgan fingerprint density at radius 3 is 3.00 bits per heavy atom. The van der Waals surface area contributed by atoms with Crippen LogP contribution in [0.5, 0.6) is 0 Å². The summed E-state index contributed by atoms with van der Waals surface area (Å²) in [6.07, 6.45) is 4.58. The highest BCUT2D eigenvalue weighted by atomic mass is 16.3. The molecule has 1 aliphatic rings. The van der Waals surface area contributed by atoms with Crippen LogP contribution in [-0.2, 0) is 6.42 Å². The molecule has 0 saturated heterocycles. The zero-order chi connectivity index (χ0) is 11.0. The number of nitrogens with zero attached hydrogens (tertiary/aromatic N) is 3. The Morgan fingerprint density at radius 1 is 1.31 bits per heavy atom. The molecule has 4 heteroatoms. The zero-order valence-corrected chi connectivity index (χ0v) is 8.82. The van der Waals surface area contributed by atoms with Crippen molar-refractivity contribution >= 4 is 0 Å². The van der Waals surface area contributed by atoms with Gasteiger partial charge in [0.05, 0.1) is 6.04 Å². The first-order valence-electron chi connectivity index (χ1n) is 5.46. The molecule has 0 bridgehead atoms. The number of aryl methyl sites for hydroxylation is 1. The molecule has 0 saturated carbocycles. The summed E-state index contributed by atoms with van der Waals surface area (Å²) in [5.41, 5.74) is 2.26. The fourth-order valence-electron chi connectivity index (χ4n) is 2.38. The molecule has 16 heavy (non-hydrogen) atoms. The Bertz CT molecular complexity index is 481. The summed E-state index contributed by atoms with van der Waals surface area (Å²) in [4.78, 5) is 3.93. The first kappa shape index (κ1) is 9.54. The minimum atomic E-state index is -0.480. The molecular weight excluding hydrogens is 202 g/mol. The van der Waals surface area contributed by atoms with Gasteiger partial charge in [-0.15, -0.1) is 0 Å². The molecule has 0 amide bonds. The zero-order valence-electron chi connectivity index (χ0n) is 8.82. The van der Waals surface area contributed by atoms with Crippen LogP contribution in [0.2, 0.25) is 0 Å². The third-order valence-corrected chi connectivity index (χ3v) is 3.22. The van der Waals surface area contributed by atoms with Gasteiger partial charge in [-0.2, -0.15) is 5.10 Å². The molecule has 0 radical (unpaired) electrons. The van der Waals surface area contributed by atoms with Crippen LogP contribution in [-0.4, -0.2) is 19.9 Å². The van der Waals surface area contributed by atoms with Gasteiger partial charge in [-0.3, -0.25) is 0 Å². The van der Waals surface area contributed by atoms with Gasteiger partial charge in [-0.1, -0.05) is 24.3 Å². The van der Waals surface area contributed by atoms with Gasteiger partial charge >= 0.3 is 0 Å². The molecule has 1 aromatic heterocycles. The van der Waals surface area contributed by atoms with Crippen LogP contribution in [0, 0.1) is 0 Å². The van der Waals surface area contributed by atoms with Crippen molar-refractivity contribution in [1.29, 1.82) is 0 Å². The minimum Gasteiger partial charge on any atom is -0.386 e. The van der Waals surface area contributed by atoms with Gasteiger partial charge in [0.25, 0.3) is 0 Å². The Hall–Kier alpha value is -1.68. The quantitative estimate of drug-likeness (QED) is 0.784. The number of aliphatic hydroxyl groups is 1. The summed E-state index contributed by atoms with van der Waals surface area (Å²) in [5, 5.41) is 14.4. The van der Waals surface area contributed by atoms with E-state index in [-0.39, 0.29) is 6.04 Å². The van der Waals surface area contributed by atoms with Gasteiger partial charge in [-0.25, -0.2) is 9.67 Å². The predicted molar refractivity (Wildman–Crippen MR) is 58.8 cm³/mol. The Labute approximate surface area is 93.6 Å². The highest BCUT2D eigenvalue weighted by Gasteiger charge is 2.29. The highest BCUT2D eigenvalue weighted by Crippen LogP contribution is 2.36. The van der Waals surface area contributed by atoms with Crippen LogP contribution < -0.4 is 0 Å². The number of benzene rings is 1. The summed E-state index contributed by atoms with van der Waals surface area (Å²) in [6.45, 7) is 0. The average Bonchev–Trinajstić information content (AvgIpc) is 2.83. The van der Waals surface area contributed by atoms with E-state index in [1.165, 1.54) is 11.9 Å². The lowest BCUT2D eigenvalue weighted by Gasteiger charge is -2.29. The van der Waals surface area contributed by atoms with E-state index in [0.29, 0.717) is 0 Å². The lowest BCUT2D eigenvalue weighted by atomic mass is 9.86. The summed E-state index contributed by atoms with van der Waals surface area (Å²) >= 11 is 0. The molecule has 82 valence electrons. The van der Waals surface area contributed by atoms with E-state index in [9.17, 15) is 5.11 Å². The lowest BCUT2D eigenvalue weighted by molar-refractivity contribution is 0.0920. The largest absolute Gasteiger partial charge is 0.386 e. The smallest absolute Gasteiger partial charge is 0.137 e. The van der Waals surface area contributed by atoms with Gasteiger partial charge < -0.3 is 5.11 Å². The van der Waals surface area contributed by atoms with E-state index in [0.717, 1.165) is 18.4 Å².